The summed E-state index contributed by atoms with van der Waals surface area (Å²) in [7, 11) is 0. The molecule has 0 aromatic carbocycles. The Labute approximate surface area is 348 Å². The molecule has 6 unspecified atom stereocenters. The number of unbranched alkanes of at least 4 members (excludes halogenated alkanes) is 30. The fourth-order valence-electron chi connectivity index (χ4n) is 7.66. The fourth-order valence-corrected chi connectivity index (χ4v) is 7.66. The highest BCUT2D eigenvalue weighted by atomic mass is 16.7. The van der Waals surface area contributed by atoms with Crippen LogP contribution in [0.4, 0.5) is 0 Å². The Kier molecular flexibility index (Phi) is 36.6. The van der Waals surface area contributed by atoms with Gasteiger partial charge in [0.25, 0.3) is 0 Å². The van der Waals surface area contributed by atoms with Crippen LogP contribution in [0.1, 0.15) is 232 Å². The molecule has 1 aliphatic rings. The van der Waals surface area contributed by atoms with E-state index in [-0.39, 0.29) is 32.0 Å². The molecule has 1 aliphatic heterocycles. The Morgan fingerprint density at radius 2 is 0.825 bits per heavy atom. The van der Waals surface area contributed by atoms with Gasteiger partial charge in [0, 0.05) is 12.8 Å². The molecule has 57 heavy (non-hydrogen) atoms. The van der Waals surface area contributed by atoms with Gasteiger partial charge in [0.2, 0.25) is 0 Å². The summed E-state index contributed by atoms with van der Waals surface area (Å²) in [5, 5.41) is 40.0. The first kappa shape index (κ1) is 53.7. The van der Waals surface area contributed by atoms with E-state index in [1.807, 2.05) is 0 Å². The van der Waals surface area contributed by atoms with Crippen LogP contribution < -0.4 is 0 Å². The van der Waals surface area contributed by atoms with Crippen LogP contribution in [-0.2, 0) is 28.5 Å². The van der Waals surface area contributed by atoms with Crippen LogP contribution in [0, 0.1) is 0 Å². The summed E-state index contributed by atoms with van der Waals surface area (Å²) in [6.07, 6.45) is 32.9. The van der Waals surface area contributed by atoms with Crippen molar-refractivity contribution in [1.82, 2.24) is 0 Å². The summed E-state index contributed by atoms with van der Waals surface area (Å²) in [5.74, 6) is -0.796. The van der Waals surface area contributed by atoms with Crippen LogP contribution in [0.3, 0.4) is 0 Å². The predicted molar refractivity (Wildman–Crippen MR) is 229 cm³/mol. The van der Waals surface area contributed by atoms with Gasteiger partial charge in [-0.05, 0) is 12.8 Å². The van der Waals surface area contributed by atoms with Crippen LogP contribution >= 0.6 is 0 Å². The number of carbonyl (C=O) groups excluding carboxylic acids is 2. The zero-order valence-electron chi connectivity index (χ0n) is 36.9. The van der Waals surface area contributed by atoms with E-state index in [1.54, 1.807) is 0 Å². The Bertz CT molecular complexity index is 901. The van der Waals surface area contributed by atoms with Gasteiger partial charge in [0.1, 0.15) is 31.0 Å². The lowest BCUT2D eigenvalue weighted by Gasteiger charge is -2.39. The molecule has 338 valence electrons. The predicted octanol–water partition coefficient (Wildman–Crippen LogP) is 10.6. The molecular formula is C47H90O10. The highest BCUT2D eigenvalue weighted by Crippen LogP contribution is 2.23. The molecule has 10 heteroatoms. The molecule has 0 aromatic rings. The molecule has 1 rings (SSSR count). The van der Waals surface area contributed by atoms with Gasteiger partial charge in [-0.3, -0.25) is 9.59 Å². The third-order valence-corrected chi connectivity index (χ3v) is 11.5. The van der Waals surface area contributed by atoms with Gasteiger partial charge in [0.15, 0.2) is 12.4 Å². The van der Waals surface area contributed by atoms with Crippen LogP contribution in [0.15, 0.2) is 0 Å². The van der Waals surface area contributed by atoms with E-state index in [9.17, 15) is 30.0 Å². The van der Waals surface area contributed by atoms with Crippen molar-refractivity contribution in [2.45, 2.75) is 269 Å². The van der Waals surface area contributed by atoms with Crippen molar-refractivity contribution in [3.05, 3.63) is 0 Å². The van der Waals surface area contributed by atoms with Gasteiger partial charge in [-0.2, -0.15) is 0 Å². The highest BCUT2D eigenvalue weighted by molar-refractivity contribution is 5.70. The minimum atomic E-state index is -1.59. The molecule has 10 nitrogen and oxygen atoms in total. The molecule has 0 bridgehead atoms. The van der Waals surface area contributed by atoms with Gasteiger partial charge in [-0.25, -0.2) is 0 Å². The number of aliphatic hydroxyl groups excluding tert-OH is 4. The molecule has 4 N–H and O–H groups in total. The molecule has 1 fully saturated rings. The molecule has 0 radical (unpaired) electrons. The lowest BCUT2D eigenvalue weighted by Crippen LogP contribution is -2.59. The number of aliphatic hydroxyl groups is 4. The molecule has 0 aromatic heterocycles. The summed E-state index contributed by atoms with van der Waals surface area (Å²) in [6, 6.07) is 0. The van der Waals surface area contributed by atoms with Crippen LogP contribution in [0.2, 0.25) is 0 Å². The normalized spacial score (nSPS) is 20.1. The molecule has 0 saturated carbocycles. The lowest BCUT2D eigenvalue weighted by molar-refractivity contribution is -0.305. The highest BCUT2D eigenvalue weighted by Gasteiger charge is 2.44. The van der Waals surface area contributed by atoms with E-state index < -0.39 is 49.4 Å². The van der Waals surface area contributed by atoms with E-state index in [4.69, 9.17) is 18.9 Å². The average Bonchev–Trinajstić information content (AvgIpc) is 3.21. The van der Waals surface area contributed by atoms with Crippen molar-refractivity contribution < 1.29 is 49.0 Å². The van der Waals surface area contributed by atoms with Crippen LogP contribution in [-0.4, -0.2) is 89.0 Å². The van der Waals surface area contributed by atoms with Crippen molar-refractivity contribution in [2.75, 3.05) is 19.8 Å². The zero-order chi connectivity index (χ0) is 41.6. The number of ether oxygens (including phenoxy) is 4. The summed E-state index contributed by atoms with van der Waals surface area (Å²) >= 11 is 0. The SMILES string of the molecule is CCCCCCCCCCCCCCCCCCCCCCCCCCC(=O)OC(COC(=O)CCCCCCCCCC)COC1OC(CO)C(O)C(O)C1O. The second-order valence-corrected chi connectivity index (χ2v) is 16.9. The van der Waals surface area contributed by atoms with E-state index in [2.05, 4.69) is 13.8 Å². The second-order valence-electron chi connectivity index (χ2n) is 16.9. The monoisotopic (exact) mass is 815 g/mol. The van der Waals surface area contributed by atoms with Crippen molar-refractivity contribution in [3.63, 3.8) is 0 Å². The number of hydrogen-bond acceptors (Lipinski definition) is 10. The smallest absolute Gasteiger partial charge is 0.306 e. The molecule has 6 atom stereocenters. The first-order valence-electron chi connectivity index (χ1n) is 24.1. The summed E-state index contributed by atoms with van der Waals surface area (Å²) < 4.78 is 22.1. The molecule has 1 heterocycles. The van der Waals surface area contributed by atoms with E-state index in [0.717, 1.165) is 32.1 Å². The van der Waals surface area contributed by atoms with Crippen LogP contribution in [0.25, 0.3) is 0 Å². The van der Waals surface area contributed by atoms with Crippen molar-refractivity contribution in [1.29, 1.82) is 0 Å². The first-order chi connectivity index (χ1) is 27.8. The minimum absolute atomic E-state index is 0.210. The quantitative estimate of drug-likeness (QED) is 0.0347. The third kappa shape index (κ3) is 30.4. The summed E-state index contributed by atoms with van der Waals surface area (Å²) in [4.78, 5) is 25.2. The lowest BCUT2D eigenvalue weighted by atomic mass is 9.99. The van der Waals surface area contributed by atoms with Crippen molar-refractivity contribution in [3.8, 4) is 0 Å². The minimum Gasteiger partial charge on any atom is -0.462 e. The van der Waals surface area contributed by atoms with Gasteiger partial charge in [-0.1, -0.05) is 206 Å². The molecule has 1 saturated heterocycles. The van der Waals surface area contributed by atoms with Gasteiger partial charge < -0.3 is 39.4 Å². The maximum atomic E-state index is 12.8. The maximum Gasteiger partial charge on any atom is 0.306 e. The Morgan fingerprint density at radius 3 is 1.19 bits per heavy atom. The van der Waals surface area contributed by atoms with Gasteiger partial charge in [0.05, 0.1) is 13.2 Å². The summed E-state index contributed by atoms with van der Waals surface area (Å²) in [5.41, 5.74) is 0. The van der Waals surface area contributed by atoms with Gasteiger partial charge in [-0.15, -0.1) is 0 Å². The van der Waals surface area contributed by atoms with Crippen LogP contribution in [0.5, 0.6) is 0 Å². The average molecular weight is 815 g/mol. The number of hydrogen-bond donors (Lipinski definition) is 4. The van der Waals surface area contributed by atoms with Gasteiger partial charge >= 0.3 is 11.9 Å². The first-order valence-corrected chi connectivity index (χ1v) is 24.1. The fraction of sp³-hybridized carbons (Fsp3) is 0.957. The largest absolute Gasteiger partial charge is 0.462 e. The maximum absolute atomic E-state index is 12.8. The van der Waals surface area contributed by atoms with Crippen molar-refractivity contribution in [2.24, 2.45) is 0 Å². The second kappa shape index (κ2) is 38.9. The molecule has 0 aliphatic carbocycles. The Hall–Kier alpha value is -1.30. The molecular weight excluding hydrogens is 725 g/mol. The van der Waals surface area contributed by atoms with E-state index in [1.165, 1.54) is 167 Å². The third-order valence-electron chi connectivity index (χ3n) is 11.5. The number of esters is 2. The van der Waals surface area contributed by atoms with E-state index >= 15 is 0 Å². The number of rotatable bonds is 41. The number of carbonyl (C=O) groups is 2. The Balaban J connectivity index is 2.17. The Morgan fingerprint density at radius 1 is 0.474 bits per heavy atom. The summed E-state index contributed by atoms with van der Waals surface area (Å²) in [6.45, 7) is 3.42. The molecule has 0 spiro atoms. The van der Waals surface area contributed by atoms with E-state index in [0.29, 0.717) is 6.42 Å². The zero-order valence-corrected chi connectivity index (χ0v) is 36.9. The topological polar surface area (TPSA) is 152 Å². The standard InChI is InChI=1S/C47H90O10/c1-3-5-7-9-11-13-14-15-16-17-18-19-20-21-22-23-24-25-26-27-28-30-32-34-36-43(50)56-40(38-54-42(49)35-33-31-29-12-10-8-6-4-2)39-55-47-46(53)45(52)44(51)41(37-48)57-47/h40-41,44-48,51-53H,3-39H2,1-2H3. The molecule has 0 amide bonds. The van der Waals surface area contributed by atoms with Crippen molar-refractivity contribution >= 4 is 11.9 Å².